The molecule has 0 spiro atoms. The number of ether oxygens (including phenoxy) is 1. The zero-order chi connectivity index (χ0) is 20.0. The highest BCUT2D eigenvalue weighted by molar-refractivity contribution is 7.91. The summed E-state index contributed by atoms with van der Waals surface area (Å²) < 4.78 is 28.6. The monoisotopic (exact) mass is 396 g/mol. The van der Waals surface area contributed by atoms with Crippen LogP contribution in [0.15, 0.2) is 24.3 Å². The molecule has 1 aromatic rings. The van der Waals surface area contributed by atoms with Crippen molar-refractivity contribution in [3.63, 3.8) is 0 Å². The second kappa shape index (κ2) is 9.32. The zero-order valence-corrected chi connectivity index (χ0v) is 16.9. The molecule has 1 heterocycles. The topological polar surface area (TPSA) is 92.8 Å². The maximum atomic E-state index is 12.8. The average molecular weight is 397 g/mol. The molecule has 2 amide bonds. The summed E-state index contributed by atoms with van der Waals surface area (Å²) in [5, 5.41) is 2.71. The fourth-order valence-corrected chi connectivity index (χ4v) is 4.96. The van der Waals surface area contributed by atoms with Crippen molar-refractivity contribution in [2.45, 2.75) is 38.6 Å². The van der Waals surface area contributed by atoms with Gasteiger partial charge in [-0.15, -0.1) is 0 Å². The number of hydrogen-bond acceptors (Lipinski definition) is 5. The molecule has 7 nitrogen and oxygen atoms in total. The van der Waals surface area contributed by atoms with E-state index in [2.05, 4.69) is 19.2 Å². The number of nitrogens with one attached hydrogen (secondary N) is 1. The molecule has 150 valence electrons. The molecule has 8 heteroatoms. The Morgan fingerprint density at radius 2 is 2.04 bits per heavy atom. The third-order valence-corrected chi connectivity index (χ3v) is 6.74. The summed E-state index contributed by atoms with van der Waals surface area (Å²) in [6.45, 7) is 4.53. The number of carbonyl (C=O) groups is 2. The summed E-state index contributed by atoms with van der Waals surface area (Å²) in [5.74, 6) is -1.33. The summed E-state index contributed by atoms with van der Waals surface area (Å²) in [4.78, 5) is 26.7. The lowest BCUT2D eigenvalue weighted by Crippen LogP contribution is -2.48. The number of amides is 2. The number of carbonyl (C=O) groups excluding carboxylic acids is 2. The lowest BCUT2D eigenvalue weighted by Gasteiger charge is -2.27. The van der Waals surface area contributed by atoms with E-state index in [-0.39, 0.29) is 30.6 Å². The van der Waals surface area contributed by atoms with Gasteiger partial charge in [0.1, 0.15) is 0 Å². The van der Waals surface area contributed by atoms with E-state index in [1.165, 1.54) is 12.0 Å². The molecular formula is C19H28N2O5S. The molecule has 0 saturated carbocycles. The van der Waals surface area contributed by atoms with Crippen LogP contribution in [0.2, 0.25) is 0 Å². The van der Waals surface area contributed by atoms with Crippen LogP contribution in [0, 0.1) is 0 Å². The Kier molecular flexibility index (Phi) is 7.38. The Labute approximate surface area is 161 Å². The van der Waals surface area contributed by atoms with E-state index in [0.717, 1.165) is 12.0 Å². The Hall–Kier alpha value is -1.93. The number of benzene rings is 1. The number of anilines is 1. The van der Waals surface area contributed by atoms with Gasteiger partial charge in [0.25, 0.3) is 0 Å². The van der Waals surface area contributed by atoms with Gasteiger partial charge in [0.05, 0.1) is 18.1 Å². The van der Waals surface area contributed by atoms with E-state index in [1.807, 2.05) is 12.1 Å². The number of rotatable bonds is 7. The quantitative estimate of drug-likeness (QED) is 0.710. The number of hydrogen-bond donors (Lipinski definition) is 1. The van der Waals surface area contributed by atoms with Gasteiger partial charge in [-0.2, -0.15) is 0 Å². The summed E-state index contributed by atoms with van der Waals surface area (Å²) in [7, 11) is -1.67. The van der Waals surface area contributed by atoms with Crippen molar-refractivity contribution in [3.05, 3.63) is 29.8 Å². The van der Waals surface area contributed by atoms with E-state index in [1.54, 1.807) is 12.1 Å². The van der Waals surface area contributed by atoms with Gasteiger partial charge >= 0.3 is 11.8 Å². The fourth-order valence-electron chi connectivity index (χ4n) is 3.23. The molecule has 0 radical (unpaired) electrons. The molecule has 0 bridgehead atoms. The van der Waals surface area contributed by atoms with E-state index in [4.69, 9.17) is 4.74 Å². The SMILES string of the molecule is CCC(C)c1ccccc1NC(=O)C(=O)N(CCOC)C1CCS(=O)(=O)C1. The third-order valence-electron chi connectivity index (χ3n) is 4.99. The fraction of sp³-hybridized carbons (Fsp3) is 0.579. The molecule has 1 N–H and O–H groups in total. The maximum Gasteiger partial charge on any atom is 0.313 e. The van der Waals surface area contributed by atoms with E-state index >= 15 is 0 Å². The van der Waals surface area contributed by atoms with Gasteiger partial charge in [-0.25, -0.2) is 8.42 Å². The first-order valence-electron chi connectivity index (χ1n) is 9.19. The Morgan fingerprint density at radius 1 is 1.33 bits per heavy atom. The van der Waals surface area contributed by atoms with Gasteiger partial charge in [0.2, 0.25) is 0 Å². The third kappa shape index (κ3) is 5.52. The van der Waals surface area contributed by atoms with Crippen LogP contribution < -0.4 is 5.32 Å². The predicted molar refractivity (Wildman–Crippen MR) is 104 cm³/mol. The molecule has 1 saturated heterocycles. The maximum absolute atomic E-state index is 12.8. The highest BCUT2D eigenvalue weighted by atomic mass is 32.2. The average Bonchev–Trinajstić information content (AvgIpc) is 3.01. The van der Waals surface area contributed by atoms with Gasteiger partial charge in [-0.05, 0) is 30.4 Å². The molecule has 0 aliphatic carbocycles. The number of nitrogens with zero attached hydrogens (tertiary/aromatic N) is 1. The first-order chi connectivity index (χ1) is 12.8. The van der Waals surface area contributed by atoms with Crippen molar-refractivity contribution >= 4 is 27.3 Å². The van der Waals surface area contributed by atoms with Crippen LogP contribution in [0.4, 0.5) is 5.69 Å². The van der Waals surface area contributed by atoms with Crippen molar-refractivity contribution in [3.8, 4) is 0 Å². The van der Waals surface area contributed by atoms with Crippen LogP contribution in [0.3, 0.4) is 0 Å². The molecular weight excluding hydrogens is 368 g/mol. The standard InChI is InChI=1S/C19H28N2O5S/c1-4-14(2)16-7-5-6-8-17(16)20-18(22)19(23)21(10-11-26-3)15-9-12-27(24,25)13-15/h5-8,14-15H,4,9-13H2,1-3H3,(H,20,22). The summed E-state index contributed by atoms with van der Waals surface area (Å²) in [6, 6.07) is 6.91. The highest BCUT2D eigenvalue weighted by Gasteiger charge is 2.36. The van der Waals surface area contributed by atoms with Gasteiger partial charge in [-0.1, -0.05) is 32.0 Å². The van der Waals surface area contributed by atoms with E-state index < -0.39 is 27.7 Å². The van der Waals surface area contributed by atoms with Crippen molar-refractivity contribution in [2.75, 3.05) is 37.1 Å². The number of sulfone groups is 1. The van der Waals surface area contributed by atoms with Crippen LogP contribution in [0.5, 0.6) is 0 Å². The van der Waals surface area contributed by atoms with Crippen LogP contribution in [0.25, 0.3) is 0 Å². The summed E-state index contributed by atoms with van der Waals surface area (Å²) in [5.41, 5.74) is 1.57. The smallest absolute Gasteiger partial charge is 0.313 e. The van der Waals surface area contributed by atoms with Crippen LogP contribution in [-0.2, 0) is 24.2 Å². The minimum atomic E-state index is -3.17. The molecule has 27 heavy (non-hydrogen) atoms. The Balaban J connectivity index is 2.17. The van der Waals surface area contributed by atoms with Crippen LogP contribution >= 0.6 is 0 Å². The lowest BCUT2D eigenvalue weighted by atomic mass is 9.97. The highest BCUT2D eigenvalue weighted by Crippen LogP contribution is 2.26. The number of methoxy groups -OCH3 is 1. The molecule has 2 unspecified atom stereocenters. The molecule has 1 fully saturated rings. The van der Waals surface area contributed by atoms with E-state index in [0.29, 0.717) is 12.1 Å². The minimum absolute atomic E-state index is 0.0346. The van der Waals surface area contributed by atoms with Crippen molar-refractivity contribution in [1.29, 1.82) is 0 Å². The first kappa shape index (κ1) is 21.4. The van der Waals surface area contributed by atoms with Crippen molar-refractivity contribution in [2.24, 2.45) is 0 Å². The van der Waals surface area contributed by atoms with E-state index in [9.17, 15) is 18.0 Å². The molecule has 0 aromatic heterocycles. The molecule has 2 rings (SSSR count). The summed E-state index contributed by atoms with van der Waals surface area (Å²) >= 11 is 0. The molecule has 1 aliphatic rings. The Morgan fingerprint density at radius 3 is 2.63 bits per heavy atom. The first-order valence-corrected chi connectivity index (χ1v) is 11.0. The minimum Gasteiger partial charge on any atom is -0.383 e. The predicted octanol–water partition coefficient (Wildman–Crippen LogP) is 1.80. The summed E-state index contributed by atoms with van der Waals surface area (Å²) in [6.07, 6.45) is 1.25. The lowest BCUT2D eigenvalue weighted by molar-refractivity contribution is -0.144. The largest absolute Gasteiger partial charge is 0.383 e. The van der Waals surface area contributed by atoms with Crippen LogP contribution in [-0.4, -0.2) is 62.9 Å². The number of para-hydroxylation sites is 1. The molecule has 1 aromatic carbocycles. The second-order valence-corrected chi connectivity index (χ2v) is 9.13. The normalized spacial score (nSPS) is 19.4. The second-order valence-electron chi connectivity index (χ2n) is 6.90. The van der Waals surface area contributed by atoms with Crippen molar-refractivity contribution in [1.82, 2.24) is 4.90 Å². The van der Waals surface area contributed by atoms with Crippen molar-refractivity contribution < 1.29 is 22.7 Å². The van der Waals surface area contributed by atoms with Gasteiger partial charge < -0.3 is 15.0 Å². The Bertz CT molecular complexity index is 778. The van der Waals surface area contributed by atoms with Gasteiger partial charge in [-0.3, -0.25) is 9.59 Å². The van der Waals surface area contributed by atoms with Gasteiger partial charge in [0, 0.05) is 25.4 Å². The van der Waals surface area contributed by atoms with Gasteiger partial charge in [0.15, 0.2) is 9.84 Å². The molecule has 2 atom stereocenters. The zero-order valence-electron chi connectivity index (χ0n) is 16.1. The van der Waals surface area contributed by atoms with Crippen LogP contribution in [0.1, 0.15) is 38.2 Å². The molecule has 1 aliphatic heterocycles.